The molecule has 0 aliphatic heterocycles. The number of rotatable bonds is 7. The van der Waals surface area contributed by atoms with Gasteiger partial charge >= 0.3 is 5.97 Å². The molecule has 0 spiro atoms. The van der Waals surface area contributed by atoms with E-state index in [0.29, 0.717) is 18.5 Å². The topological polar surface area (TPSA) is 91.6 Å². The molecule has 1 fully saturated rings. The fraction of sp³-hybridized carbons (Fsp3) is 0.207. The third-order valence-corrected chi connectivity index (χ3v) is 7.22. The van der Waals surface area contributed by atoms with Gasteiger partial charge in [0.15, 0.2) is 6.21 Å². The molecule has 0 atom stereocenters. The van der Waals surface area contributed by atoms with E-state index in [9.17, 15) is 19.6 Å². The van der Waals surface area contributed by atoms with E-state index in [-0.39, 0.29) is 16.8 Å². The van der Waals surface area contributed by atoms with Crippen LogP contribution in [0.2, 0.25) is 0 Å². The number of carbonyl (C=O) groups is 1. The number of aromatic carboxylic acids is 1. The zero-order valence-corrected chi connectivity index (χ0v) is 19.2. The normalized spacial score (nSPS) is 14.3. The largest absolute Gasteiger partial charge is 0.478 e. The molecule has 6 heteroatoms. The van der Waals surface area contributed by atoms with Gasteiger partial charge in [0.1, 0.15) is 5.82 Å². The maximum atomic E-state index is 14.8. The maximum Gasteiger partial charge on any atom is 0.335 e. The molecular weight excluding hydrogens is 441 g/mol. The van der Waals surface area contributed by atoms with Gasteiger partial charge in [0.05, 0.1) is 23.7 Å². The van der Waals surface area contributed by atoms with E-state index in [1.165, 1.54) is 12.3 Å². The lowest BCUT2D eigenvalue weighted by molar-refractivity contribution is -0.104. The molecule has 174 valence electrons. The summed E-state index contributed by atoms with van der Waals surface area (Å²) >= 11 is 0. The Morgan fingerprint density at radius 3 is 2.49 bits per heavy atom. The predicted molar refractivity (Wildman–Crippen MR) is 133 cm³/mol. The quantitative estimate of drug-likeness (QED) is 0.387. The maximum absolute atomic E-state index is 14.8. The van der Waals surface area contributed by atoms with E-state index in [1.807, 2.05) is 36.4 Å². The second kappa shape index (κ2) is 8.84. The first-order valence-corrected chi connectivity index (χ1v) is 11.6. The molecule has 5 nitrogen and oxygen atoms in total. The summed E-state index contributed by atoms with van der Waals surface area (Å²) in [5, 5.41) is 26.0. The van der Waals surface area contributed by atoms with Crippen LogP contribution in [0, 0.1) is 17.1 Å². The fourth-order valence-electron chi connectivity index (χ4n) is 5.31. The lowest BCUT2D eigenvalue weighted by Gasteiger charge is -2.42. The van der Waals surface area contributed by atoms with E-state index in [4.69, 9.17) is 5.41 Å². The summed E-state index contributed by atoms with van der Waals surface area (Å²) < 4.78 is 16.9. The van der Waals surface area contributed by atoms with Gasteiger partial charge in [-0.05, 0) is 48.7 Å². The zero-order valence-electron chi connectivity index (χ0n) is 19.2. The van der Waals surface area contributed by atoms with Crippen molar-refractivity contribution in [3.63, 3.8) is 0 Å². The summed E-state index contributed by atoms with van der Waals surface area (Å²) in [4.78, 5) is 11.4. The van der Waals surface area contributed by atoms with Crippen LogP contribution in [0.25, 0.3) is 22.0 Å². The molecule has 0 saturated heterocycles. The van der Waals surface area contributed by atoms with E-state index >= 15 is 0 Å². The van der Waals surface area contributed by atoms with E-state index in [2.05, 4.69) is 10.6 Å². The van der Waals surface area contributed by atoms with Crippen LogP contribution >= 0.6 is 0 Å². The minimum Gasteiger partial charge on any atom is -0.478 e. The van der Waals surface area contributed by atoms with E-state index < -0.39 is 5.97 Å². The van der Waals surface area contributed by atoms with Crippen LogP contribution in [0.1, 0.15) is 52.9 Å². The molecule has 0 radical (unpaired) electrons. The number of hydrogen-bond donors (Lipinski definition) is 2. The highest BCUT2D eigenvalue weighted by molar-refractivity contribution is 6.01. The van der Waals surface area contributed by atoms with Gasteiger partial charge in [-0.25, -0.2) is 9.18 Å². The summed E-state index contributed by atoms with van der Waals surface area (Å²) in [6, 6.07) is 21.9. The lowest BCUT2D eigenvalue weighted by Crippen LogP contribution is -2.36. The summed E-state index contributed by atoms with van der Waals surface area (Å²) in [5.74, 6) is -1.26. The third-order valence-electron chi connectivity index (χ3n) is 7.22. The van der Waals surface area contributed by atoms with Gasteiger partial charge in [-0.2, -0.15) is 5.26 Å². The van der Waals surface area contributed by atoms with Crippen molar-refractivity contribution in [1.82, 2.24) is 4.57 Å². The standard InChI is InChI=1S/C29H24FN3O2/c30-24-5-2-1-4-22(24)18-33-25-16-19(17-32)6-11-23(25)26(20-7-9-21(10-8-20)28(34)35)27(33)29(14-15-31)12-3-13-29/h1-2,4-11,16-17,32H,3,12-14,18H2,(H,34,35)/p+1. The lowest BCUT2D eigenvalue weighted by atomic mass is 9.63. The van der Waals surface area contributed by atoms with Crippen molar-refractivity contribution >= 4 is 23.1 Å². The van der Waals surface area contributed by atoms with Gasteiger partial charge in [-0.1, -0.05) is 42.8 Å². The van der Waals surface area contributed by atoms with Crippen LogP contribution in [0.15, 0.2) is 66.7 Å². The molecule has 4 aromatic rings. The average molecular weight is 467 g/mol. The second-order valence-electron chi connectivity index (χ2n) is 9.20. The summed E-state index contributed by atoms with van der Waals surface area (Å²) in [6.07, 6.45) is 4.64. The van der Waals surface area contributed by atoms with E-state index in [0.717, 1.165) is 52.5 Å². The number of nitrogens with two attached hydrogens (primary N) is 1. The van der Waals surface area contributed by atoms with Crippen molar-refractivity contribution in [1.29, 1.82) is 5.26 Å². The minimum absolute atomic E-state index is 0.209. The van der Waals surface area contributed by atoms with Crippen LogP contribution in [-0.4, -0.2) is 21.9 Å². The van der Waals surface area contributed by atoms with Crippen molar-refractivity contribution in [2.75, 3.05) is 0 Å². The van der Waals surface area contributed by atoms with Gasteiger partial charge in [0, 0.05) is 39.6 Å². The van der Waals surface area contributed by atoms with Crippen molar-refractivity contribution in [2.24, 2.45) is 0 Å². The summed E-state index contributed by atoms with van der Waals surface area (Å²) in [7, 11) is 0. The smallest absolute Gasteiger partial charge is 0.335 e. The fourth-order valence-corrected chi connectivity index (χ4v) is 5.31. The van der Waals surface area contributed by atoms with E-state index in [1.54, 1.807) is 24.3 Å². The molecule has 3 aromatic carbocycles. The van der Waals surface area contributed by atoms with Gasteiger partial charge in [-0.15, -0.1) is 0 Å². The van der Waals surface area contributed by atoms with Gasteiger partial charge < -0.3 is 9.67 Å². The molecule has 0 unspecified atom stereocenters. The summed E-state index contributed by atoms with van der Waals surface area (Å²) in [5.41, 5.74) is 5.00. The van der Waals surface area contributed by atoms with Crippen LogP contribution < -0.4 is 5.41 Å². The predicted octanol–water partition coefficient (Wildman–Crippen LogP) is 4.71. The molecule has 1 aliphatic carbocycles. The Labute approximate surface area is 202 Å². The molecule has 0 bridgehead atoms. The number of hydrogen-bond acceptors (Lipinski definition) is 2. The Hall–Kier alpha value is -4.24. The molecule has 1 aromatic heterocycles. The molecule has 5 rings (SSSR count). The van der Waals surface area contributed by atoms with Crippen molar-refractivity contribution in [3.8, 4) is 17.2 Å². The Morgan fingerprint density at radius 1 is 1.14 bits per heavy atom. The SMILES string of the molecule is N#CCC1(c2c(-c3ccc(C(=O)O)cc3)c3ccc(C=[NH2+])cc3n2Cc2ccccc2F)CCC1. The molecule has 1 heterocycles. The molecule has 1 aliphatic rings. The summed E-state index contributed by atoms with van der Waals surface area (Å²) in [6.45, 7) is 0.312. The second-order valence-corrected chi connectivity index (χ2v) is 9.20. The number of carboxylic acid groups (broad SMARTS) is 1. The highest BCUT2D eigenvalue weighted by Gasteiger charge is 2.43. The third kappa shape index (κ3) is 3.79. The molecule has 0 amide bonds. The number of halogens is 1. The van der Waals surface area contributed by atoms with Crippen molar-refractivity contribution < 1.29 is 19.7 Å². The van der Waals surface area contributed by atoms with Crippen LogP contribution in [0.3, 0.4) is 0 Å². The van der Waals surface area contributed by atoms with Crippen LogP contribution in [0.5, 0.6) is 0 Å². The van der Waals surface area contributed by atoms with Crippen LogP contribution in [0.4, 0.5) is 4.39 Å². The van der Waals surface area contributed by atoms with Crippen LogP contribution in [-0.2, 0) is 12.0 Å². The Bertz CT molecular complexity index is 1490. The molecule has 35 heavy (non-hydrogen) atoms. The number of carboxylic acids is 1. The Morgan fingerprint density at radius 2 is 1.89 bits per heavy atom. The average Bonchev–Trinajstić information content (AvgIpc) is 3.16. The number of nitrogens with zero attached hydrogens (tertiary/aromatic N) is 2. The molecule has 3 N–H and O–H groups in total. The van der Waals surface area contributed by atoms with Crippen molar-refractivity contribution in [2.45, 2.75) is 37.6 Å². The molecule has 1 saturated carbocycles. The zero-order chi connectivity index (χ0) is 24.6. The van der Waals surface area contributed by atoms with Gasteiger partial charge in [-0.3, -0.25) is 5.41 Å². The Kier molecular flexibility index (Phi) is 5.70. The van der Waals surface area contributed by atoms with Gasteiger partial charge in [0.2, 0.25) is 0 Å². The first-order chi connectivity index (χ1) is 17.0. The Balaban J connectivity index is 1.85. The highest BCUT2D eigenvalue weighted by Crippen LogP contribution is 2.52. The first kappa shape index (κ1) is 22.5. The monoisotopic (exact) mass is 466 g/mol. The molecular formula is C29H25FN3O2+. The number of benzene rings is 3. The van der Waals surface area contributed by atoms with Crippen molar-refractivity contribution in [3.05, 3.63) is 94.9 Å². The highest BCUT2D eigenvalue weighted by atomic mass is 19.1. The number of fused-ring (bicyclic) bond motifs is 1. The van der Waals surface area contributed by atoms with Gasteiger partial charge in [0.25, 0.3) is 0 Å². The first-order valence-electron chi connectivity index (χ1n) is 11.6. The number of nitriles is 1. The minimum atomic E-state index is -0.984. The number of aromatic nitrogens is 1.